The number of rotatable bonds is 13. The quantitative estimate of drug-likeness (QED) is 0.177. The zero-order chi connectivity index (χ0) is 29.3. The van der Waals surface area contributed by atoms with Crippen LogP contribution in [0.1, 0.15) is 67.9 Å². The fraction of sp³-hybridized carbons (Fsp3) is 0.387. The summed E-state index contributed by atoms with van der Waals surface area (Å²) in [7, 11) is 0. The molecular formula is C31H35F3N2O4. The summed E-state index contributed by atoms with van der Waals surface area (Å²) in [6.07, 6.45) is 1.39. The number of hydrogen-bond acceptors (Lipinski definition) is 5. The fourth-order valence-corrected chi connectivity index (χ4v) is 4.31. The van der Waals surface area contributed by atoms with E-state index in [1.165, 1.54) is 12.1 Å². The molecule has 1 amide bonds. The number of ether oxygens (including phenoxy) is 2. The van der Waals surface area contributed by atoms with Crippen LogP contribution in [-0.4, -0.2) is 29.0 Å². The number of aromatic nitrogens is 1. The van der Waals surface area contributed by atoms with E-state index in [2.05, 4.69) is 23.8 Å². The third kappa shape index (κ3) is 8.31. The van der Waals surface area contributed by atoms with Crippen LogP contribution in [0.25, 0.3) is 10.9 Å². The van der Waals surface area contributed by atoms with Crippen LogP contribution in [0.2, 0.25) is 0 Å². The lowest BCUT2D eigenvalue weighted by Gasteiger charge is -2.22. The van der Waals surface area contributed by atoms with Gasteiger partial charge in [0.25, 0.3) is 5.91 Å². The lowest BCUT2D eigenvalue weighted by Crippen LogP contribution is -2.43. The maximum atomic E-state index is 13.5. The number of fused-ring (bicyclic) bond motifs is 1. The van der Waals surface area contributed by atoms with Crippen LogP contribution in [0.15, 0.2) is 67.4 Å². The van der Waals surface area contributed by atoms with Gasteiger partial charge < -0.3 is 14.8 Å². The Morgan fingerprint density at radius 2 is 1.80 bits per heavy atom. The van der Waals surface area contributed by atoms with Crippen LogP contribution >= 0.6 is 0 Å². The minimum absolute atomic E-state index is 0.0906. The number of esters is 1. The highest BCUT2D eigenvalue weighted by Gasteiger charge is 2.30. The Bertz CT molecular complexity index is 1310. The maximum absolute atomic E-state index is 13.5. The molecule has 0 saturated carbocycles. The summed E-state index contributed by atoms with van der Waals surface area (Å²) < 4.78 is 50.3. The number of carbonyl (C=O) groups is 2. The Balaban J connectivity index is 1.88. The normalized spacial score (nSPS) is 13.1. The second kappa shape index (κ2) is 14.0. The average Bonchev–Trinajstić information content (AvgIpc) is 2.92. The molecule has 2 atom stereocenters. The van der Waals surface area contributed by atoms with Crippen molar-refractivity contribution in [3.05, 3.63) is 84.1 Å². The molecule has 3 rings (SSSR count). The number of pyridine rings is 1. The number of allylic oxidation sites excluding steroid dienone is 1. The molecule has 0 aliphatic carbocycles. The van der Waals surface area contributed by atoms with Gasteiger partial charge in [0.1, 0.15) is 18.2 Å². The molecule has 0 aliphatic heterocycles. The summed E-state index contributed by atoms with van der Waals surface area (Å²) in [5, 5.41) is 3.53. The second-order valence-corrected chi connectivity index (χ2v) is 9.89. The molecule has 0 radical (unpaired) electrons. The predicted octanol–water partition coefficient (Wildman–Crippen LogP) is 7.27. The molecule has 3 aromatic rings. The second-order valence-electron chi connectivity index (χ2n) is 9.89. The molecule has 0 fully saturated rings. The third-order valence-electron chi connectivity index (χ3n) is 6.52. The van der Waals surface area contributed by atoms with E-state index < -0.39 is 29.7 Å². The van der Waals surface area contributed by atoms with Crippen LogP contribution in [0.4, 0.5) is 13.2 Å². The summed E-state index contributed by atoms with van der Waals surface area (Å²) >= 11 is 0. The summed E-state index contributed by atoms with van der Waals surface area (Å²) in [6.45, 7) is 9.25. The maximum Gasteiger partial charge on any atom is 0.416 e. The van der Waals surface area contributed by atoms with Gasteiger partial charge >= 0.3 is 12.1 Å². The van der Waals surface area contributed by atoms with E-state index in [4.69, 9.17) is 9.47 Å². The molecule has 40 heavy (non-hydrogen) atoms. The van der Waals surface area contributed by atoms with Gasteiger partial charge in [0, 0.05) is 11.6 Å². The number of amides is 1. The smallest absolute Gasteiger partial charge is 0.416 e. The van der Waals surface area contributed by atoms with E-state index in [1.807, 2.05) is 12.1 Å². The number of carbonyl (C=O) groups excluding carboxylic acids is 2. The molecule has 0 spiro atoms. The first-order chi connectivity index (χ1) is 19.0. The van der Waals surface area contributed by atoms with Gasteiger partial charge in [-0.3, -0.25) is 9.78 Å². The van der Waals surface area contributed by atoms with Crippen LogP contribution in [-0.2, 0) is 22.3 Å². The molecule has 1 aromatic heterocycles. The van der Waals surface area contributed by atoms with E-state index in [-0.39, 0.29) is 24.0 Å². The van der Waals surface area contributed by atoms with Gasteiger partial charge in [0.05, 0.1) is 17.2 Å². The number of nitrogens with one attached hydrogen (secondary N) is 1. The number of nitrogens with zero attached hydrogens (tertiary/aromatic N) is 1. The predicted molar refractivity (Wildman–Crippen MR) is 148 cm³/mol. The summed E-state index contributed by atoms with van der Waals surface area (Å²) in [6, 6.07) is 10.6. The van der Waals surface area contributed by atoms with Gasteiger partial charge in [-0.15, -0.1) is 6.58 Å². The molecule has 9 heteroatoms. The molecule has 214 valence electrons. The average molecular weight is 557 g/mol. The highest BCUT2D eigenvalue weighted by molar-refractivity contribution is 6.04. The van der Waals surface area contributed by atoms with Crippen LogP contribution < -0.4 is 10.1 Å². The minimum atomic E-state index is -4.44. The van der Waals surface area contributed by atoms with Crippen molar-refractivity contribution in [3.8, 4) is 5.75 Å². The Morgan fingerprint density at radius 1 is 1.07 bits per heavy atom. The van der Waals surface area contributed by atoms with Crippen molar-refractivity contribution in [1.82, 2.24) is 10.3 Å². The lowest BCUT2D eigenvalue weighted by molar-refractivity contribution is -0.150. The standard InChI is InChI=1S/C31H35F3N2O4/c1-5-8-21(6-2)12-17-26(30(38)40-20(3)4)36-29(37)25-16-13-23-9-7-18-35-27(23)28(25)39-19-22-10-14-24(15-11-22)31(32,33)34/h5,7,9-11,13-16,18,20-21,26H,1,6,8,12,17,19H2,2-4H3,(H,36,37)/t21?,26-/m0/s1. The number of benzene rings is 2. The molecule has 1 N–H and O–H groups in total. The first kappa shape index (κ1) is 30.7. The number of halogens is 3. The highest BCUT2D eigenvalue weighted by atomic mass is 19.4. The van der Waals surface area contributed by atoms with Crippen molar-refractivity contribution in [2.45, 2.75) is 71.4 Å². The van der Waals surface area contributed by atoms with Gasteiger partial charge in [0.2, 0.25) is 0 Å². The van der Waals surface area contributed by atoms with Crippen molar-refractivity contribution in [1.29, 1.82) is 0 Å². The van der Waals surface area contributed by atoms with E-state index in [0.717, 1.165) is 25.0 Å². The zero-order valence-corrected chi connectivity index (χ0v) is 23.0. The lowest BCUT2D eigenvalue weighted by atomic mass is 9.94. The molecular weight excluding hydrogens is 521 g/mol. The summed E-state index contributed by atoms with van der Waals surface area (Å²) in [4.78, 5) is 30.8. The van der Waals surface area contributed by atoms with E-state index in [9.17, 15) is 22.8 Å². The molecule has 0 aliphatic rings. The topological polar surface area (TPSA) is 77.5 Å². The minimum Gasteiger partial charge on any atom is -0.486 e. The van der Waals surface area contributed by atoms with Gasteiger partial charge in [0.15, 0.2) is 5.75 Å². The number of alkyl halides is 3. The Labute approximate surface area is 232 Å². The van der Waals surface area contributed by atoms with Crippen molar-refractivity contribution in [2.24, 2.45) is 5.92 Å². The molecule has 1 unspecified atom stereocenters. The molecule has 2 aromatic carbocycles. The third-order valence-corrected chi connectivity index (χ3v) is 6.52. The molecule has 1 heterocycles. The van der Waals surface area contributed by atoms with E-state index >= 15 is 0 Å². The first-order valence-electron chi connectivity index (χ1n) is 13.3. The van der Waals surface area contributed by atoms with Crippen LogP contribution in [0.5, 0.6) is 5.75 Å². The zero-order valence-electron chi connectivity index (χ0n) is 23.0. The van der Waals surface area contributed by atoms with E-state index in [0.29, 0.717) is 35.2 Å². The summed E-state index contributed by atoms with van der Waals surface area (Å²) in [5.41, 5.74) is 0.290. The van der Waals surface area contributed by atoms with Gasteiger partial charge in [-0.05, 0) is 68.9 Å². The van der Waals surface area contributed by atoms with Gasteiger partial charge in [-0.25, -0.2) is 4.79 Å². The van der Waals surface area contributed by atoms with Gasteiger partial charge in [-0.1, -0.05) is 43.7 Å². The number of hydrogen-bond donors (Lipinski definition) is 1. The van der Waals surface area contributed by atoms with Crippen molar-refractivity contribution in [3.63, 3.8) is 0 Å². The largest absolute Gasteiger partial charge is 0.486 e. The fourth-order valence-electron chi connectivity index (χ4n) is 4.31. The summed E-state index contributed by atoms with van der Waals surface area (Å²) in [5.74, 6) is -0.582. The van der Waals surface area contributed by atoms with Crippen LogP contribution in [0, 0.1) is 5.92 Å². The molecule has 6 nitrogen and oxygen atoms in total. The Hall–Kier alpha value is -3.88. The molecule has 0 saturated heterocycles. The molecule has 0 bridgehead atoms. The van der Waals surface area contributed by atoms with Gasteiger partial charge in [-0.2, -0.15) is 13.2 Å². The first-order valence-corrected chi connectivity index (χ1v) is 13.3. The monoisotopic (exact) mass is 556 g/mol. The van der Waals surface area contributed by atoms with Crippen LogP contribution in [0.3, 0.4) is 0 Å². The van der Waals surface area contributed by atoms with E-state index in [1.54, 1.807) is 38.2 Å². The van der Waals surface area contributed by atoms with Crippen molar-refractivity contribution < 1.29 is 32.2 Å². The SMILES string of the molecule is C=CCC(CC)CC[C@H](NC(=O)c1ccc2cccnc2c1OCc1ccc(C(F)(F)F)cc1)C(=O)OC(C)C. The Kier molecular flexibility index (Phi) is 10.7. The van der Waals surface area contributed by atoms with Crippen molar-refractivity contribution >= 4 is 22.8 Å². The Morgan fingerprint density at radius 3 is 2.42 bits per heavy atom. The highest BCUT2D eigenvalue weighted by Crippen LogP contribution is 2.31. The van der Waals surface area contributed by atoms with Crippen molar-refractivity contribution in [2.75, 3.05) is 0 Å².